The maximum Gasteiger partial charge on any atom is 0.271 e. The minimum absolute atomic E-state index is 0.142. The zero-order valence-corrected chi connectivity index (χ0v) is 21.3. The molecule has 1 aliphatic carbocycles. The molecule has 2 heterocycles. The van der Waals surface area contributed by atoms with Crippen LogP contribution < -0.4 is 14.8 Å². The average Bonchev–Trinajstić information content (AvgIpc) is 3.49. The summed E-state index contributed by atoms with van der Waals surface area (Å²) in [5, 5.41) is 3.20. The monoisotopic (exact) mass is 504 g/mol. The van der Waals surface area contributed by atoms with Crippen molar-refractivity contribution in [2.75, 3.05) is 19.8 Å². The van der Waals surface area contributed by atoms with Crippen LogP contribution in [0, 0.1) is 11.7 Å². The van der Waals surface area contributed by atoms with Gasteiger partial charge in [-0.1, -0.05) is 12.1 Å². The first-order chi connectivity index (χ1) is 18.1. The molecule has 194 valence electrons. The quantitative estimate of drug-likeness (QED) is 0.448. The van der Waals surface area contributed by atoms with Crippen LogP contribution in [0.25, 0.3) is 11.1 Å². The number of carbonyl (C=O) groups is 1. The summed E-state index contributed by atoms with van der Waals surface area (Å²) in [4.78, 5) is 23.3. The Kier molecular flexibility index (Phi) is 7.65. The van der Waals surface area contributed by atoms with Crippen molar-refractivity contribution in [2.24, 2.45) is 5.92 Å². The molecule has 1 amide bonds. The van der Waals surface area contributed by atoms with Crippen molar-refractivity contribution in [1.82, 2.24) is 20.2 Å². The fourth-order valence-corrected chi connectivity index (χ4v) is 5.82. The van der Waals surface area contributed by atoms with Crippen LogP contribution in [0.2, 0.25) is 0 Å². The number of nitrogens with one attached hydrogen (secondary N) is 1. The van der Waals surface area contributed by atoms with Crippen molar-refractivity contribution in [3.8, 4) is 22.6 Å². The largest absolute Gasteiger partial charge is 0.493 e. The molecule has 0 bridgehead atoms. The number of carbonyl (C=O) groups excluding carboxylic acids is 1. The van der Waals surface area contributed by atoms with Gasteiger partial charge in [0.05, 0.1) is 25.0 Å². The van der Waals surface area contributed by atoms with Gasteiger partial charge in [0.1, 0.15) is 23.0 Å². The van der Waals surface area contributed by atoms with Crippen LogP contribution in [-0.4, -0.2) is 52.6 Å². The molecule has 0 radical (unpaired) electrons. The number of fused-ring (bicyclic) bond motifs is 1. The number of halogens is 1. The lowest BCUT2D eigenvalue weighted by molar-refractivity contribution is 0.0921. The van der Waals surface area contributed by atoms with E-state index in [9.17, 15) is 9.18 Å². The van der Waals surface area contributed by atoms with E-state index < -0.39 is 0 Å². The van der Waals surface area contributed by atoms with Crippen molar-refractivity contribution in [3.63, 3.8) is 0 Å². The van der Waals surface area contributed by atoms with Crippen molar-refractivity contribution in [1.29, 1.82) is 0 Å². The smallest absolute Gasteiger partial charge is 0.271 e. The highest BCUT2D eigenvalue weighted by atomic mass is 19.1. The molecule has 2 aromatic carbocycles. The third-order valence-corrected chi connectivity index (χ3v) is 7.36. The number of hydrogen-bond donors (Lipinski definition) is 1. The summed E-state index contributed by atoms with van der Waals surface area (Å²) in [6, 6.07) is 11.2. The molecule has 1 saturated heterocycles. The molecular weight excluding hydrogens is 471 g/mol. The Balaban J connectivity index is 1.34. The molecular formula is C29H33FN4O3. The Bertz CT molecular complexity index is 1190. The highest BCUT2D eigenvalue weighted by Gasteiger charge is 2.44. The second kappa shape index (κ2) is 11.3. The van der Waals surface area contributed by atoms with E-state index in [1.807, 2.05) is 13.8 Å². The van der Waals surface area contributed by atoms with Crippen LogP contribution >= 0.6 is 0 Å². The van der Waals surface area contributed by atoms with Crippen LogP contribution in [0.15, 0.2) is 55.0 Å². The van der Waals surface area contributed by atoms with Gasteiger partial charge in [0, 0.05) is 31.0 Å². The zero-order chi connectivity index (χ0) is 25.8. The van der Waals surface area contributed by atoms with E-state index in [0.29, 0.717) is 30.9 Å². The van der Waals surface area contributed by atoms with Gasteiger partial charge in [0.15, 0.2) is 0 Å². The molecule has 1 saturated carbocycles. The minimum atomic E-state index is -0.275. The van der Waals surface area contributed by atoms with Gasteiger partial charge in [-0.3, -0.25) is 14.7 Å². The van der Waals surface area contributed by atoms with Gasteiger partial charge >= 0.3 is 0 Å². The highest BCUT2D eigenvalue weighted by molar-refractivity contribution is 5.92. The molecule has 1 aromatic heterocycles. The fourth-order valence-electron chi connectivity index (χ4n) is 5.82. The second-order valence-electron chi connectivity index (χ2n) is 9.58. The van der Waals surface area contributed by atoms with E-state index in [1.165, 1.54) is 24.5 Å². The summed E-state index contributed by atoms with van der Waals surface area (Å²) < 4.78 is 25.7. The number of likely N-dealkylation sites (tertiary alicyclic amines) is 1. The second-order valence-corrected chi connectivity index (χ2v) is 9.58. The number of amides is 1. The first-order valence-corrected chi connectivity index (χ1v) is 13.1. The zero-order valence-electron chi connectivity index (χ0n) is 21.3. The first kappa shape index (κ1) is 25.1. The molecule has 2 aliphatic rings. The van der Waals surface area contributed by atoms with Gasteiger partial charge in [0.25, 0.3) is 5.91 Å². The summed E-state index contributed by atoms with van der Waals surface area (Å²) in [6.45, 7) is 6.70. The number of ether oxygens (including phenoxy) is 2. The SMILES string of the molecule is CCOc1cc(CN2CC[C@H]3C(NC(=O)c4cnccn4)CC[C@H]32)cc(OCC)c1-c1ccc(F)cc1. The van der Waals surface area contributed by atoms with E-state index in [-0.39, 0.29) is 17.8 Å². The van der Waals surface area contributed by atoms with Gasteiger partial charge in [-0.15, -0.1) is 0 Å². The molecule has 1 aliphatic heterocycles. The van der Waals surface area contributed by atoms with E-state index in [1.54, 1.807) is 18.3 Å². The molecule has 5 rings (SSSR count). The topological polar surface area (TPSA) is 76.6 Å². The average molecular weight is 505 g/mol. The number of benzene rings is 2. The normalized spacial score (nSPS) is 21.0. The van der Waals surface area contributed by atoms with Crippen LogP contribution in [0.4, 0.5) is 4.39 Å². The van der Waals surface area contributed by atoms with E-state index in [2.05, 4.69) is 32.3 Å². The van der Waals surface area contributed by atoms with Gasteiger partial charge in [-0.2, -0.15) is 0 Å². The summed E-state index contributed by atoms with van der Waals surface area (Å²) in [6.07, 6.45) is 7.65. The van der Waals surface area contributed by atoms with Crippen LogP contribution in [0.3, 0.4) is 0 Å². The molecule has 37 heavy (non-hydrogen) atoms. The Morgan fingerprint density at radius 2 is 1.78 bits per heavy atom. The van der Waals surface area contributed by atoms with Crippen LogP contribution in [0.1, 0.15) is 49.2 Å². The standard InChI is InChI=1S/C29H33FN4O3/c1-3-36-26-15-19(16-27(37-4-2)28(26)20-5-7-21(30)8-6-20)18-34-14-11-22-23(9-10-25(22)34)33-29(35)24-17-31-12-13-32-24/h5-8,12-13,15-17,22-23,25H,3-4,9-11,14,18H2,1-2H3,(H,33,35)/t22-,23?,25+/m0/s1. The maximum absolute atomic E-state index is 13.6. The van der Waals surface area contributed by atoms with Gasteiger partial charge in [0.2, 0.25) is 0 Å². The third kappa shape index (κ3) is 5.44. The summed E-state index contributed by atoms with van der Waals surface area (Å²) >= 11 is 0. The molecule has 0 spiro atoms. The summed E-state index contributed by atoms with van der Waals surface area (Å²) in [7, 11) is 0. The molecule has 2 fully saturated rings. The summed E-state index contributed by atoms with van der Waals surface area (Å²) in [5.74, 6) is 1.47. The number of nitrogens with zero attached hydrogens (tertiary/aromatic N) is 3. The molecule has 1 unspecified atom stereocenters. The van der Waals surface area contributed by atoms with Crippen LogP contribution in [0.5, 0.6) is 11.5 Å². The highest BCUT2D eigenvalue weighted by Crippen LogP contribution is 2.42. The van der Waals surface area contributed by atoms with E-state index in [0.717, 1.165) is 60.5 Å². The molecule has 1 N–H and O–H groups in total. The Hall–Kier alpha value is -3.52. The van der Waals surface area contributed by atoms with Crippen molar-refractivity contribution < 1.29 is 18.7 Å². The number of hydrogen-bond acceptors (Lipinski definition) is 6. The molecule has 8 heteroatoms. The molecule has 3 aromatic rings. The maximum atomic E-state index is 13.6. The first-order valence-electron chi connectivity index (χ1n) is 13.1. The third-order valence-electron chi connectivity index (χ3n) is 7.36. The lowest BCUT2D eigenvalue weighted by Gasteiger charge is -2.26. The van der Waals surface area contributed by atoms with Gasteiger partial charge in [-0.05, 0) is 81.0 Å². The lowest BCUT2D eigenvalue weighted by Crippen LogP contribution is -2.39. The van der Waals surface area contributed by atoms with Crippen molar-refractivity contribution >= 4 is 5.91 Å². The van der Waals surface area contributed by atoms with Crippen LogP contribution in [-0.2, 0) is 6.54 Å². The van der Waals surface area contributed by atoms with Crippen molar-refractivity contribution in [3.05, 3.63) is 72.1 Å². The van der Waals surface area contributed by atoms with E-state index >= 15 is 0 Å². The number of aromatic nitrogens is 2. The Labute approximate surface area is 217 Å². The fraction of sp³-hybridized carbons (Fsp3) is 0.414. The Morgan fingerprint density at radius 3 is 2.43 bits per heavy atom. The molecule has 3 atom stereocenters. The van der Waals surface area contributed by atoms with Gasteiger partial charge < -0.3 is 14.8 Å². The predicted molar refractivity (Wildman–Crippen MR) is 139 cm³/mol. The molecule has 7 nitrogen and oxygen atoms in total. The van der Waals surface area contributed by atoms with Crippen molar-refractivity contribution in [2.45, 2.75) is 51.7 Å². The predicted octanol–water partition coefficient (Wildman–Crippen LogP) is 4.86. The van der Waals surface area contributed by atoms with Gasteiger partial charge in [-0.25, -0.2) is 9.37 Å². The number of rotatable bonds is 9. The lowest BCUT2D eigenvalue weighted by atomic mass is 9.99. The van der Waals surface area contributed by atoms with E-state index in [4.69, 9.17) is 9.47 Å². The Morgan fingerprint density at radius 1 is 1.05 bits per heavy atom. The summed E-state index contributed by atoms with van der Waals surface area (Å²) in [5.41, 5.74) is 3.18. The minimum Gasteiger partial charge on any atom is -0.493 e.